The maximum absolute atomic E-state index is 11.1. The Kier molecular flexibility index (Phi) is 6.34. The third-order valence-corrected chi connectivity index (χ3v) is 3.43. The molecule has 0 unspecified atom stereocenters. The first-order valence-corrected chi connectivity index (χ1v) is 6.76. The van der Waals surface area contributed by atoms with E-state index < -0.39 is 4.92 Å². The third kappa shape index (κ3) is 4.23. The summed E-state index contributed by atoms with van der Waals surface area (Å²) in [5, 5.41) is 20.6. The minimum Gasteiger partial charge on any atom is -0.395 e. The van der Waals surface area contributed by atoms with Crippen LogP contribution in [0.2, 0.25) is 10.0 Å². The van der Waals surface area contributed by atoms with Gasteiger partial charge in [0.25, 0.3) is 5.69 Å². The van der Waals surface area contributed by atoms with Gasteiger partial charge < -0.3 is 10.0 Å². The van der Waals surface area contributed by atoms with Crippen LogP contribution in [0.4, 0.5) is 11.4 Å². The Morgan fingerprint density at radius 3 is 2.47 bits per heavy atom. The molecule has 1 N–H and O–H groups in total. The second-order valence-corrected chi connectivity index (χ2v) is 4.89. The second kappa shape index (κ2) is 7.53. The van der Waals surface area contributed by atoms with Crippen molar-refractivity contribution in [3.05, 3.63) is 32.3 Å². The fourth-order valence-electron chi connectivity index (χ4n) is 1.75. The molecule has 0 spiro atoms. The van der Waals surface area contributed by atoms with E-state index in [2.05, 4.69) is 0 Å². The maximum Gasteiger partial charge on any atom is 0.294 e. The van der Waals surface area contributed by atoms with Crippen molar-refractivity contribution in [2.45, 2.75) is 19.8 Å². The third-order valence-electron chi connectivity index (χ3n) is 2.71. The van der Waals surface area contributed by atoms with Crippen molar-refractivity contribution >= 4 is 34.6 Å². The zero-order chi connectivity index (χ0) is 14.4. The summed E-state index contributed by atoms with van der Waals surface area (Å²) in [6.45, 7) is 2.89. The van der Waals surface area contributed by atoms with E-state index in [-0.39, 0.29) is 22.3 Å². The number of hydrogen-bond donors (Lipinski definition) is 1. The van der Waals surface area contributed by atoms with Crippen molar-refractivity contribution in [3.63, 3.8) is 0 Å². The van der Waals surface area contributed by atoms with Crippen molar-refractivity contribution in [1.82, 2.24) is 0 Å². The van der Waals surface area contributed by atoms with Gasteiger partial charge in [-0.2, -0.15) is 0 Å². The van der Waals surface area contributed by atoms with Crippen molar-refractivity contribution in [3.8, 4) is 0 Å². The topological polar surface area (TPSA) is 66.6 Å². The van der Waals surface area contributed by atoms with Gasteiger partial charge in [-0.15, -0.1) is 0 Å². The molecule has 1 aromatic carbocycles. The molecule has 0 heterocycles. The van der Waals surface area contributed by atoms with Crippen LogP contribution < -0.4 is 4.90 Å². The van der Waals surface area contributed by atoms with Gasteiger partial charge in [0.2, 0.25) is 0 Å². The molecule has 0 bridgehead atoms. The van der Waals surface area contributed by atoms with Crippen LogP contribution in [0, 0.1) is 10.1 Å². The number of benzene rings is 1. The molecule has 0 saturated heterocycles. The van der Waals surface area contributed by atoms with Gasteiger partial charge in [-0.05, 0) is 12.5 Å². The molecular formula is C12H16Cl2N2O3. The lowest BCUT2D eigenvalue weighted by molar-refractivity contribution is -0.384. The first-order chi connectivity index (χ1) is 9.01. The van der Waals surface area contributed by atoms with E-state index in [0.29, 0.717) is 18.8 Å². The van der Waals surface area contributed by atoms with Crippen LogP contribution in [0.3, 0.4) is 0 Å². The number of hydrogen-bond acceptors (Lipinski definition) is 4. The van der Waals surface area contributed by atoms with Crippen molar-refractivity contribution in [2.75, 3.05) is 24.6 Å². The molecule has 0 saturated carbocycles. The standard InChI is InChI=1S/C12H16Cl2N2O3/c1-2-3-4-15(5-6-17)11-7-9(13)10(14)8-12(11)16(18)19/h7-8,17H,2-6H2,1H3. The summed E-state index contributed by atoms with van der Waals surface area (Å²) in [7, 11) is 0. The molecule has 0 radical (unpaired) electrons. The van der Waals surface area contributed by atoms with Gasteiger partial charge in [-0.3, -0.25) is 10.1 Å². The first kappa shape index (κ1) is 16.0. The molecule has 1 aromatic rings. The van der Waals surface area contributed by atoms with Crippen LogP contribution in [0.25, 0.3) is 0 Å². The van der Waals surface area contributed by atoms with Gasteiger partial charge in [0, 0.05) is 19.2 Å². The lowest BCUT2D eigenvalue weighted by atomic mass is 10.2. The molecule has 106 valence electrons. The molecule has 0 amide bonds. The van der Waals surface area contributed by atoms with Gasteiger partial charge in [0.05, 0.1) is 21.6 Å². The lowest BCUT2D eigenvalue weighted by Crippen LogP contribution is -2.28. The molecule has 19 heavy (non-hydrogen) atoms. The number of halogens is 2. The summed E-state index contributed by atoms with van der Waals surface area (Å²) in [6, 6.07) is 2.73. The van der Waals surface area contributed by atoms with Crippen LogP contribution in [0.5, 0.6) is 0 Å². The van der Waals surface area contributed by atoms with Gasteiger partial charge >= 0.3 is 0 Å². The highest BCUT2D eigenvalue weighted by molar-refractivity contribution is 6.42. The number of aliphatic hydroxyl groups is 1. The van der Waals surface area contributed by atoms with Crippen molar-refractivity contribution in [2.24, 2.45) is 0 Å². The maximum atomic E-state index is 11.1. The van der Waals surface area contributed by atoms with E-state index in [1.807, 2.05) is 6.92 Å². The Labute approximate surface area is 121 Å². The molecule has 7 heteroatoms. The minimum absolute atomic E-state index is 0.0822. The van der Waals surface area contributed by atoms with Crippen LogP contribution in [-0.4, -0.2) is 29.7 Å². The predicted octanol–water partition coefficient (Wildman–Crippen LogP) is 3.50. The Balaban J connectivity index is 3.19. The number of aliphatic hydroxyl groups excluding tert-OH is 1. The average Bonchev–Trinajstić information content (AvgIpc) is 2.37. The number of nitrogens with zero attached hydrogens (tertiary/aromatic N) is 2. The summed E-state index contributed by atoms with van der Waals surface area (Å²) in [6.07, 6.45) is 1.83. The van der Waals surface area contributed by atoms with E-state index in [4.69, 9.17) is 28.3 Å². The number of anilines is 1. The van der Waals surface area contributed by atoms with Gasteiger partial charge in [0.1, 0.15) is 5.69 Å². The Morgan fingerprint density at radius 2 is 1.95 bits per heavy atom. The van der Waals surface area contributed by atoms with Crippen LogP contribution in [0.15, 0.2) is 12.1 Å². The SMILES string of the molecule is CCCCN(CCO)c1cc(Cl)c(Cl)cc1[N+](=O)[O-]. The van der Waals surface area contributed by atoms with E-state index >= 15 is 0 Å². The van der Waals surface area contributed by atoms with Crippen LogP contribution >= 0.6 is 23.2 Å². The number of unbranched alkanes of at least 4 members (excludes halogenated alkanes) is 1. The molecule has 0 aromatic heterocycles. The van der Waals surface area contributed by atoms with Crippen molar-refractivity contribution < 1.29 is 10.0 Å². The zero-order valence-electron chi connectivity index (χ0n) is 10.6. The van der Waals surface area contributed by atoms with Gasteiger partial charge in [0.15, 0.2) is 0 Å². The fraction of sp³-hybridized carbons (Fsp3) is 0.500. The Morgan fingerprint density at radius 1 is 1.32 bits per heavy atom. The monoisotopic (exact) mass is 306 g/mol. The number of nitro groups is 1. The Hall–Kier alpha value is -1.04. The fourth-order valence-corrected chi connectivity index (χ4v) is 2.06. The highest BCUT2D eigenvalue weighted by atomic mass is 35.5. The molecular weight excluding hydrogens is 291 g/mol. The molecule has 5 nitrogen and oxygen atoms in total. The van der Waals surface area contributed by atoms with E-state index in [1.54, 1.807) is 4.90 Å². The van der Waals surface area contributed by atoms with Crippen molar-refractivity contribution in [1.29, 1.82) is 0 Å². The zero-order valence-corrected chi connectivity index (χ0v) is 12.1. The van der Waals surface area contributed by atoms with Crippen LogP contribution in [-0.2, 0) is 0 Å². The van der Waals surface area contributed by atoms with E-state index in [0.717, 1.165) is 12.8 Å². The van der Waals surface area contributed by atoms with Gasteiger partial charge in [-0.25, -0.2) is 0 Å². The number of rotatable bonds is 7. The highest BCUT2D eigenvalue weighted by Crippen LogP contribution is 2.36. The second-order valence-electron chi connectivity index (χ2n) is 4.08. The Bertz CT molecular complexity index is 455. The van der Waals surface area contributed by atoms with E-state index in [1.165, 1.54) is 12.1 Å². The summed E-state index contributed by atoms with van der Waals surface area (Å²) in [5.41, 5.74) is 0.292. The summed E-state index contributed by atoms with van der Waals surface area (Å²) < 4.78 is 0. The van der Waals surface area contributed by atoms with Gasteiger partial charge in [-0.1, -0.05) is 36.5 Å². The minimum atomic E-state index is -0.492. The first-order valence-electron chi connectivity index (χ1n) is 6.00. The summed E-state index contributed by atoms with van der Waals surface area (Å²) in [5.74, 6) is 0. The molecule has 0 aliphatic heterocycles. The average molecular weight is 307 g/mol. The largest absolute Gasteiger partial charge is 0.395 e. The number of nitro benzene ring substituents is 1. The predicted molar refractivity (Wildman–Crippen MR) is 77.3 cm³/mol. The van der Waals surface area contributed by atoms with Crippen LogP contribution in [0.1, 0.15) is 19.8 Å². The molecule has 0 fully saturated rings. The highest BCUT2D eigenvalue weighted by Gasteiger charge is 2.21. The molecule has 0 aliphatic carbocycles. The quantitative estimate of drug-likeness (QED) is 0.618. The molecule has 1 rings (SSSR count). The van der Waals surface area contributed by atoms with E-state index in [9.17, 15) is 10.1 Å². The normalized spacial score (nSPS) is 10.5. The summed E-state index contributed by atoms with van der Waals surface area (Å²) in [4.78, 5) is 12.3. The lowest BCUT2D eigenvalue weighted by Gasteiger charge is -2.23. The smallest absolute Gasteiger partial charge is 0.294 e. The molecule has 0 atom stereocenters. The molecule has 0 aliphatic rings. The summed E-state index contributed by atoms with van der Waals surface area (Å²) >= 11 is 11.7.